The lowest BCUT2D eigenvalue weighted by molar-refractivity contribution is -0.0355. The minimum atomic E-state index is -1.04. The van der Waals surface area contributed by atoms with E-state index in [2.05, 4.69) is 9.97 Å². The van der Waals surface area contributed by atoms with Crippen LogP contribution in [0.1, 0.15) is 23.6 Å². The zero-order chi connectivity index (χ0) is 16.0. The number of aryl methyl sites for hydroxylation is 1. The molecule has 0 saturated carbocycles. The number of benzene rings is 1. The summed E-state index contributed by atoms with van der Waals surface area (Å²) in [6.07, 6.45) is -0.00606. The van der Waals surface area contributed by atoms with Crippen molar-refractivity contribution in [3.05, 3.63) is 60.2 Å². The van der Waals surface area contributed by atoms with Gasteiger partial charge in [0, 0.05) is 11.6 Å². The number of rotatable bonds is 2. The zero-order valence-corrected chi connectivity index (χ0v) is 12.6. The Morgan fingerprint density at radius 1 is 1.04 bits per heavy atom. The summed E-state index contributed by atoms with van der Waals surface area (Å²) in [4.78, 5) is 8.45. The number of ether oxygens (including phenoxy) is 1. The van der Waals surface area contributed by atoms with Crippen molar-refractivity contribution in [2.24, 2.45) is 0 Å². The minimum Gasteiger partial charge on any atom is -0.387 e. The second-order valence-corrected chi connectivity index (χ2v) is 5.76. The zero-order valence-electron chi connectivity index (χ0n) is 12.6. The third kappa shape index (κ3) is 2.23. The van der Waals surface area contributed by atoms with Gasteiger partial charge in [0.05, 0.1) is 5.69 Å². The number of hydrogen-bond donors (Lipinski definition) is 2. The van der Waals surface area contributed by atoms with Crippen molar-refractivity contribution < 1.29 is 14.9 Å². The Labute approximate surface area is 133 Å². The number of nitrogens with zero attached hydrogens (tertiary/aromatic N) is 3. The predicted octanol–water partition coefficient (Wildman–Crippen LogP) is 1.73. The first kappa shape index (κ1) is 14.3. The van der Waals surface area contributed by atoms with E-state index in [4.69, 9.17) is 4.74 Å². The van der Waals surface area contributed by atoms with Crippen LogP contribution in [0.3, 0.4) is 0 Å². The Morgan fingerprint density at radius 2 is 1.83 bits per heavy atom. The number of aliphatic hydroxyl groups is 2. The van der Waals surface area contributed by atoms with Crippen LogP contribution in [-0.2, 0) is 4.74 Å². The Morgan fingerprint density at radius 3 is 2.61 bits per heavy atom. The van der Waals surface area contributed by atoms with Gasteiger partial charge in [0.2, 0.25) is 0 Å². The van der Waals surface area contributed by atoms with Gasteiger partial charge in [0.15, 0.2) is 6.23 Å². The van der Waals surface area contributed by atoms with Crippen LogP contribution in [0, 0.1) is 6.92 Å². The molecule has 1 aromatic carbocycles. The van der Waals surface area contributed by atoms with Gasteiger partial charge in [-0.2, -0.15) is 0 Å². The Kier molecular flexibility index (Phi) is 3.37. The van der Waals surface area contributed by atoms with Gasteiger partial charge in [-0.05, 0) is 18.6 Å². The molecule has 4 atom stereocenters. The van der Waals surface area contributed by atoms with Crippen LogP contribution in [-0.4, -0.2) is 37.0 Å². The van der Waals surface area contributed by atoms with Gasteiger partial charge in [0.1, 0.15) is 30.3 Å². The maximum absolute atomic E-state index is 10.5. The highest BCUT2D eigenvalue weighted by Gasteiger charge is 2.44. The molecule has 0 radical (unpaired) electrons. The molecule has 1 aliphatic rings. The summed E-state index contributed by atoms with van der Waals surface area (Å²) in [6.45, 7) is 1.90. The van der Waals surface area contributed by atoms with E-state index >= 15 is 0 Å². The first-order chi connectivity index (χ1) is 11.2. The van der Waals surface area contributed by atoms with Crippen molar-refractivity contribution in [3.63, 3.8) is 0 Å². The Balaban J connectivity index is 1.73. The average molecular weight is 311 g/mol. The molecule has 0 spiro atoms. The van der Waals surface area contributed by atoms with E-state index in [0.717, 1.165) is 16.6 Å². The van der Waals surface area contributed by atoms with Gasteiger partial charge in [-0.3, -0.25) is 0 Å². The normalized spacial score (nSPS) is 27.6. The summed E-state index contributed by atoms with van der Waals surface area (Å²) in [5, 5.41) is 21.7. The largest absolute Gasteiger partial charge is 0.387 e. The van der Waals surface area contributed by atoms with Crippen LogP contribution in [0.15, 0.2) is 48.9 Å². The fourth-order valence-electron chi connectivity index (χ4n) is 3.11. The second kappa shape index (κ2) is 5.42. The van der Waals surface area contributed by atoms with Crippen LogP contribution >= 0.6 is 0 Å². The molecule has 4 rings (SSSR count). The summed E-state index contributed by atoms with van der Waals surface area (Å²) in [5.74, 6) is 0. The standard InChI is InChI=1S/C17H17N3O3/c1-10-12-7-8-20(16(12)19-9-18-10)17-14(22)13(21)15(23-17)11-5-3-2-4-6-11/h2-9,13-15,17,21-22H,1H3/t13-,14?,15-,17+/m0/s1. The molecule has 1 saturated heterocycles. The molecule has 2 aromatic heterocycles. The minimum absolute atomic E-state index is 0.573. The number of fused-ring (bicyclic) bond motifs is 1. The van der Waals surface area contributed by atoms with E-state index in [1.165, 1.54) is 6.33 Å². The highest BCUT2D eigenvalue weighted by atomic mass is 16.6. The predicted molar refractivity (Wildman–Crippen MR) is 83.6 cm³/mol. The highest BCUT2D eigenvalue weighted by molar-refractivity contribution is 5.78. The second-order valence-electron chi connectivity index (χ2n) is 5.76. The highest BCUT2D eigenvalue weighted by Crippen LogP contribution is 2.39. The third-order valence-electron chi connectivity index (χ3n) is 4.35. The van der Waals surface area contributed by atoms with Crippen LogP contribution in [0.25, 0.3) is 11.0 Å². The molecule has 0 aliphatic carbocycles. The SMILES string of the molecule is Cc1ncnc2c1ccn2[C@@H]1O[C@@H](c2ccccc2)[C@@H](O)C1O. The first-order valence-electron chi connectivity index (χ1n) is 7.51. The van der Waals surface area contributed by atoms with E-state index in [-0.39, 0.29) is 0 Å². The van der Waals surface area contributed by atoms with Gasteiger partial charge in [-0.1, -0.05) is 30.3 Å². The van der Waals surface area contributed by atoms with Crippen molar-refractivity contribution in [2.45, 2.75) is 31.5 Å². The van der Waals surface area contributed by atoms with E-state index in [1.807, 2.05) is 43.3 Å². The molecule has 118 valence electrons. The molecule has 1 fully saturated rings. The van der Waals surface area contributed by atoms with Gasteiger partial charge in [-0.25, -0.2) is 9.97 Å². The third-order valence-corrected chi connectivity index (χ3v) is 4.35. The lowest BCUT2D eigenvalue weighted by Crippen LogP contribution is -2.28. The van der Waals surface area contributed by atoms with Crippen molar-refractivity contribution in [3.8, 4) is 0 Å². The fraction of sp³-hybridized carbons (Fsp3) is 0.294. The molecule has 1 unspecified atom stereocenters. The van der Waals surface area contributed by atoms with E-state index in [9.17, 15) is 10.2 Å². The Hall–Kier alpha value is -2.28. The van der Waals surface area contributed by atoms with Gasteiger partial charge in [-0.15, -0.1) is 0 Å². The molecular formula is C17H17N3O3. The van der Waals surface area contributed by atoms with E-state index in [1.54, 1.807) is 10.8 Å². The summed E-state index contributed by atoms with van der Waals surface area (Å²) in [6, 6.07) is 11.3. The topological polar surface area (TPSA) is 80.4 Å². The average Bonchev–Trinajstić information content (AvgIpc) is 3.12. The number of aliphatic hydroxyl groups excluding tert-OH is 2. The fourth-order valence-corrected chi connectivity index (χ4v) is 3.11. The number of aromatic nitrogens is 3. The van der Waals surface area contributed by atoms with Crippen LogP contribution in [0.5, 0.6) is 0 Å². The molecule has 6 heteroatoms. The summed E-state index contributed by atoms with van der Waals surface area (Å²) >= 11 is 0. The molecule has 1 aliphatic heterocycles. The lowest BCUT2D eigenvalue weighted by atomic mass is 10.0. The monoisotopic (exact) mass is 311 g/mol. The Bertz CT molecular complexity index is 833. The van der Waals surface area contributed by atoms with Crippen molar-refractivity contribution in [2.75, 3.05) is 0 Å². The van der Waals surface area contributed by atoms with Crippen LogP contribution in [0.4, 0.5) is 0 Å². The van der Waals surface area contributed by atoms with Crippen LogP contribution in [0.2, 0.25) is 0 Å². The molecule has 0 bridgehead atoms. The molecule has 23 heavy (non-hydrogen) atoms. The summed E-state index contributed by atoms with van der Waals surface area (Å²) in [7, 11) is 0. The molecule has 0 amide bonds. The molecule has 3 aromatic rings. The van der Waals surface area contributed by atoms with Crippen molar-refractivity contribution in [1.82, 2.24) is 14.5 Å². The number of hydrogen-bond acceptors (Lipinski definition) is 5. The van der Waals surface area contributed by atoms with Crippen molar-refractivity contribution in [1.29, 1.82) is 0 Å². The van der Waals surface area contributed by atoms with Gasteiger partial charge >= 0.3 is 0 Å². The molecule has 2 N–H and O–H groups in total. The van der Waals surface area contributed by atoms with Gasteiger partial charge in [0.25, 0.3) is 0 Å². The maximum Gasteiger partial charge on any atom is 0.164 e. The first-order valence-corrected chi connectivity index (χ1v) is 7.51. The summed E-state index contributed by atoms with van der Waals surface area (Å²) in [5.41, 5.74) is 2.38. The molecular weight excluding hydrogens is 294 g/mol. The lowest BCUT2D eigenvalue weighted by Gasteiger charge is -2.17. The van der Waals surface area contributed by atoms with Crippen molar-refractivity contribution >= 4 is 11.0 Å². The van der Waals surface area contributed by atoms with Crippen LogP contribution < -0.4 is 0 Å². The smallest absolute Gasteiger partial charge is 0.164 e. The quantitative estimate of drug-likeness (QED) is 0.753. The van der Waals surface area contributed by atoms with E-state index in [0.29, 0.717) is 5.65 Å². The van der Waals surface area contributed by atoms with Gasteiger partial charge < -0.3 is 19.5 Å². The molecule has 3 heterocycles. The molecule has 6 nitrogen and oxygen atoms in total. The maximum atomic E-state index is 10.5. The van der Waals surface area contributed by atoms with E-state index < -0.39 is 24.5 Å². The summed E-state index contributed by atoms with van der Waals surface area (Å²) < 4.78 is 7.72.